The Morgan fingerprint density at radius 2 is 1.89 bits per heavy atom. The molecular formula is C27H35N5O4S. The summed E-state index contributed by atoms with van der Waals surface area (Å²) >= 11 is 0. The van der Waals surface area contributed by atoms with Gasteiger partial charge in [-0.15, -0.1) is 0 Å². The van der Waals surface area contributed by atoms with Crippen LogP contribution in [-0.2, 0) is 38.9 Å². The molecule has 3 heterocycles. The van der Waals surface area contributed by atoms with E-state index in [-0.39, 0.29) is 28.8 Å². The van der Waals surface area contributed by atoms with E-state index < -0.39 is 10.0 Å². The number of rotatable bonds is 6. The number of aryl methyl sites for hydroxylation is 1. The van der Waals surface area contributed by atoms with E-state index in [1.807, 2.05) is 11.0 Å². The lowest BCUT2D eigenvalue weighted by atomic mass is 9.92. The van der Waals surface area contributed by atoms with Gasteiger partial charge >= 0.3 is 0 Å². The van der Waals surface area contributed by atoms with Crippen molar-refractivity contribution in [2.24, 2.45) is 0 Å². The van der Waals surface area contributed by atoms with Crippen LogP contribution in [0.25, 0.3) is 11.6 Å². The predicted molar refractivity (Wildman–Crippen MR) is 144 cm³/mol. The van der Waals surface area contributed by atoms with Crippen molar-refractivity contribution in [2.75, 3.05) is 25.5 Å². The fourth-order valence-corrected chi connectivity index (χ4v) is 6.60. The molecule has 3 aliphatic rings. The lowest BCUT2D eigenvalue weighted by Crippen LogP contribution is -2.55. The molecule has 4 N–H and O–H groups in total. The number of carbonyl (C=O) groups is 2. The molecule has 198 valence electrons. The van der Waals surface area contributed by atoms with Crippen molar-refractivity contribution in [2.45, 2.75) is 69.4 Å². The largest absolute Gasteiger partial charge is 0.358 e. The van der Waals surface area contributed by atoms with Crippen LogP contribution in [0.2, 0.25) is 0 Å². The van der Waals surface area contributed by atoms with Crippen molar-refractivity contribution in [3.63, 3.8) is 0 Å². The first kappa shape index (κ1) is 25.7. The molecule has 1 aliphatic carbocycles. The highest BCUT2D eigenvalue weighted by molar-refractivity contribution is 7.89. The van der Waals surface area contributed by atoms with E-state index in [2.05, 4.69) is 34.2 Å². The number of benzene rings is 1. The first-order chi connectivity index (χ1) is 17.7. The van der Waals surface area contributed by atoms with Crippen molar-refractivity contribution in [3.8, 4) is 0 Å². The zero-order chi connectivity index (χ0) is 26.3. The quantitative estimate of drug-likeness (QED) is 0.432. The Bertz CT molecular complexity index is 1370. The summed E-state index contributed by atoms with van der Waals surface area (Å²) in [5.74, 6) is -0.122. The lowest BCUT2D eigenvalue weighted by Gasteiger charge is -2.36. The van der Waals surface area contributed by atoms with Crippen molar-refractivity contribution < 1.29 is 18.0 Å². The highest BCUT2D eigenvalue weighted by Gasteiger charge is 2.29. The molecule has 2 aliphatic heterocycles. The third-order valence-electron chi connectivity index (χ3n) is 7.58. The molecule has 0 spiro atoms. The normalized spacial score (nSPS) is 22.6. The second kappa shape index (κ2) is 10.1. The lowest BCUT2D eigenvalue weighted by molar-refractivity contribution is -0.132. The second-order valence-electron chi connectivity index (χ2n) is 10.4. The number of hydrogen-bond acceptors (Lipinski definition) is 5. The van der Waals surface area contributed by atoms with Gasteiger partial charge in [0.25, 0.3) is 5.91 Å². The average Bonchev–Trinajstić information content (AvgIpc) is 3.38. The van der Waals surface area contributed by atoms with E-state index >= 15 is 0 Å². The number of hydrogen-bond donors (Lipinski definition) is 4. The molecule has 9 nitrogen and oxygen atoms in total. The van der Waals surface area contributed by atoms with Crippen LogP contribution in [0.3, 0.4) is 0 Å². The maximum absolute atomic E-state index is 13.1. The van der Waals surface area contributed by atoms with Crippen LogP contribution in [-0.4, -0.2) is 62.3 Å². The minimum absolute atomic E-state index is 0.104. The summed E-state index contributed by atoms with van der Waals surface area (Å²) in [7, 11) is -2.29. The minimum Gasteiger partial charge on any atom is -0.358 e. The summed E-state index contributed by atoms with van der Waals surface area (Å²) in [6.45, 7) is 5.61. The van der Waals surface area contributed by atoms with Crippen molar-refractivity contribution >= 4 is 39.2 Å². The first-order valence-electron chi connectivity index (χ1n) is 13.0. The van der Waals surface area contributed by atoms with Gasteiger partial charge in [-0.2, -0.15) is 0 Å². The van der Waals surface area contributed by atoms with Gasteiger partial charge < -0.3 is 20.5 Å². The number of H-pyrrole nitrogens is 1. The molecule has 2 unspecified atom stereocenters. The average molecular weight is 526 g/mol. The van der Waals surface area contributed by atoms with Crippen LogP contribution in [0.15, 0.2) is 23.1 Å². The molecule has 0 bridgehead atoms. The van der Waals surface area contributed by atoms with Crippen LogP contribution < -0.4 is 15.4 Å². The molecular weight excluding hydrogens is 490 g/mol. The molecule has 1 fully saturated rings. The molecule has 1 aromatic heterocycles. The summed E-state index contributed by atoms with van der Waals surface area (Å²) in [6.07, 6.45) is 6.93. The number of sulfonamides is 1. The number of aromatic amines is 1. The van der Waals surface area contributed by atoms with Gasteiger partial charge in [0.15, 0.2) is 0 Å². The van der Waals surface area contributed by atoms with Gasteiger partial charge in [-0.1, -0.05) is 0 Å². The summed E-state index contributed by atoms with van der Waals surface area (Å²) in [5, 5.41) is 6.31. The molecule has 2 atom stereocenters. The highest BCUT2D eigenvalue weighted by Crippen LogP contribution is 2.37. The predicted octanol–water partition coefficient (Wildman–Crippen LogP) is 2.44. The van der Waals surface area contributed by atoms with Crippen molar-refractivity contribution in [3.05, 3.63) is 46.3 Å². The molecule has 37 heavy (non-hydrogen) atoms. The zero-order valence-corrected chi connectivity index (χ0v) is 22.4. The summed E-state index contributed by atoms with van der Waals surface area (Å²) < 4.78 is 27.1. The maximum Gasteiger partial charge on any atom is 0.256 e. The molecule has 2 amide bonds. The van der Waals surface area contributed by atoms with Crippen LogP contribution >= 0.6 is 0 Å². The number of fused-ring (bicyclic) bond motifs is 2. The van der Waals surface area contributed by atoms with Gasteiger partial charge in [0.2, 0.25) is 15.9 Å². The highest BCUT2D eigenvalue weighted by atomic mass is 32.2. The number of carbonyl (C=O) groups excluding carboxylic acids is 2. The molecule has 1 aromatic carbocycles. The third-order valence-corrected chi connectivity index (χ3v) is 9.00. The summed E-state index contributed by atoms with van der Waals surface area (Å²) in [5.41, 5.74) is 5.92. The van der Waals surface area contributed by atoms with E-state index in [1.54, 1.807) is 6.07 Å². The van der Waals surface area contributed by atoms with Crippen LogP contribution in [0, 0.1) is 0 Å². The van der Waals surface area contributed by atoms with Gasteiger partial charge in [-0.05, 0) is 88.4 Å². The Hall–Kier alpha value is -2.95. The van der Waals surface area contributed by atoms with E-state index in [0.717, 1.165) is 36.9 Å². The molecule has 0 saturated carbocycles. The van der Waals surface area contributed by atoms with Gasteiger partial charge in [0, 0.05) is 54.2 Å². The van der Waals surface area contributed by atoms with Gasteiger partial charge in [-0.25, -0.2) is 13.1 Å². The van der Waals surface area contributed by atoms with Crippen molar-refractivity contribution in [1.82, 2.24) is 19.9 Å². The Labute approximate surface area is 218 Å². The zero-order valence-electron chi connectivity index (χ0n) is 21.6. The van der Waals surface area contributed by atoms with Crippen molar-refractivity contribution in [1.29, 1.82) is 0 Å². The Kier molecular flexibility index (Phi) is 6.99. The Morgan fingerprint density at radius 1 is 1.16 bits per heavy atom. The SMILES string of the molecule is CNS(=O)(=O)c1ccc2c(c1)/C(=C/c1[nH]c3c(c1CCC(=O)N1CC(C)NC(C)C1)CCCC3)C(=O)N2. The monoisotopic (exact) mass is 525 g/mol. The van der Waals surface area contributed by atoms with E-state index in [4.69, 9.17) is 0 Å². The topological polar surface area (TPSA) is 123 Å². The number of nitrogens with zero attached hydrogens (tertiary/aromatic N) is 1. The van der Waals surface area contributed by atoms with Gasteiger partial charge in [-0.3, -0.25) is 9.59 Å². The van der Waals surface area contributed by atoms with Gasteiger partial charge in [0.05, 0.1) is 10.5 Å². The summed E-state index contributed by atoms with van der Waals surface area (Å²) in [6, 6.07) is 5.17. The number of piperazine rings is 1. The molecule has 2 aromatic rings. The third kappa shape index (κ3) is 5.10. The van der Waals surface area contributed by atoms with Crippen LogP contribution in [0.1, 0.15) is 61.2 Å². The maximum atomic E-state index is 13.1. The standard InChI is InChI=1S/C27H35N5O4S/c1-16-14-32(15-17(2)29-16)26(33)11-9-20-19-6-4-5-7-23(19)30-25(20)13-22-21-12-18(37(35,36)28-3)8-10-24(21)31-27(22)34/h8,10,12-13,16-17,28-30H,4-7,9,11,14-15H2,1-3H3,(H,31,34)/b22-13-. The van der Waals surface area contributed by atoms with Crippen LogP contribution in [0.5, 0.6) is 0 Å². The second-order valence-corrected chi connectivity index (χ2v) is 12.3. The Morgan fingerprint density at radius 3 is 2.62 bits per heavy atom. The molecule has 10 heteroatoms. The smallest absolute Gasteiger partial charge is 0.256 e. The number of aromatic nitrogens is 1. The number of nitrogens with one attached hydrogen (secondary N) is 4. The molecule has 0 radical (unpaired) electrons. The fourth-order valence-electron chi connectivity index (χ4n) is 5.85. The summed E-state index contributed by atoms with van der Waals surface area (Å²) in [4.78, 5) is 31.6. The Balaban J connectivity index is 1.47. The molecule has 1 saturated heterocycles. The van der Waals surface area contributed by atoms with E-state index in [0.29, 0.717) is 42.8 Å². The number of amides is 2. The number of anilines is 1. The first-order valence-corrected chi connectivity index (χ1v) is 14.5. The van der Waals surface area contributed by atoms with Gasteiger partial charge in [0.1, 0.15) is 0 Å². The minimum atomic E-state index is -3.65. The molecule has 5 rings (SSSR count). The van der Waals surface area contributed by atoms with E-state index in [9.17, 15) is 18.0 Å². The fraction of sp³-hybridized carbons (Fsp3) is 0.481. The van der Waals surface area contributed by atoms with Crippen LogP contribution in [0.4, 0.5) is 5.69 Å². The van der Waals surface area contributed by atoms with E-state index in [1.165, 1.54) is 30.4 Å².